The van der Waals surface area contributed by atoms with Gasteiger partial charge in [-0.3, -0.25) is 9.69 Å². The molecule has 116 valence electrons. The highest BCUT2D eigenvalue weighted by molar-refractivity contribution is 5.94. The number of anilines is 2. The lowest BCUT2D eigenvalue weighted by Gasteiger charge is -2.38. The van der Waals surface area contributed by atoms with E-state index in [9.17, 15) is 9.18 Å². The molecule has 1 amide bonds. The van der Waals surface area contributed by atoms with Crippen molar-refractivity contribution in [2.75, 3.05) is 24.1 Å². The van der Waals surface area contributed by atoms with Gasteiger partial charge in [-0.15, -0.1) is 0 Å². The SMILES string of the molecule is CC1CC(C)CN(C(C)C(=O)Nc2ccc(F)c(N)c2)C1. The molecule has 2 rings (SSSR count). The number of halogens is 1. The average molecular weight is 293 g/mol. The van der Waals surface area contributed by atoms with E-state index in [-0.39, 0.29) is 17.6 Å². The van der Waals surface area contributed by atoms with E-state index in [0.29, 0.717) is 17.5 Å². The number of nitrogens with two attached hydrogens (primary N) is 1. The van der Waals surface area contributed by atoms with Crippen molar-refractivity contribution in [3.05, 3.63) is 24.0 Å². The maximum Gasteiger partial charge on any atom is 0.241 e. The Kier molecular flexibility index (Phi) is 4.83. The fourth-order valence-corrected chi connectivity index (χ4v) is 3.06. The molecule has 0 radical (unpaired) electrons. The second kappa shape index (κ2) is 6.43. The van der Waals surface area contributed by atoms with Gasteiger partial charge in [0.1, 0.15) is 5.82 Å². The van der Waals surface area contributed by atoms with E-state index >= 15 is 0 Å². The minimum atomic E-state index is -0.472. The first-order valence-corrected chi connectivity index (χ1v) is 7.46. The fourth-order valence-electron chi connectivity index (χ4n) is 3.06. The molecule has 0 saturated carbocycles. The van der Waals surface area contributed by atoms with Crippen molar-refractivity contribution in [1.29, 1.82) is 0 Å². The second-order valence-corrected chi connectivity index (χ2v) is 6.30. The number of amides is 1. The Balaban J connectivity index is 2.00. The van der Waals surface area contributed by atoms with Gasteiger partial charge < -0.3 is 11.1 Å². The Bertz CT molecular complexity index is 510. The molecule has 1 fully saturated rings. The lowest BCUT2D eigenvalue weighted by molar-refractivity contribution is -0.121. The van der Waals surface area contributed by atoms with E-state index in [1.807, 2.05) is 6.92 Å². The van der Waals surface area contributed by atoms with Crippen molar-refractivity contribution in [2.24, 2.45) is 11.8 Å². The Hall–Kier alpha value is -1.62. The third-order valence-corrected chi connectivity index (χ3v) is 4.09. The quantitative estimate of drug-likeness (QED) is 0.842. The Morgan fingerprint density at radius 3 is 2.57 bits per heavy atom. The molecule has 1 aromatic rings. The summed E-state index contributed by atoms with van der Waals surface area (Å²) in [5, 5.41) is 2.81. The number of nitrogen functional groups attached to an aromatic ring is 1. The molecule has 21 heavy (non-hydrogen) atoms. The largest absolute Gasteiger partial charge is 0.396 e. The van der Waals surface area contributed by atoms with Crippen LogP contribution in [0, 0.1) is 17.7 Å². The van der Waals surface area contributed by atoms with Crippen LogP contribution in [0.25, 0.3) is 0 Å². The third kappa shape index (κ3) is 3.94. The van der Waals surface area contributed by atoms with E-state index in [4.69, 9.17) is 5.73 Å². The van der Waals surface area contributed by atoms with E-state index < -0.39 is 5.82 Å². The number of nitrogens with one attached hydrogen (secondary N) is 1. The monoisotopic (exact) mass is 293 g/mol. The van der Waals surface area contributed by atoms with Crippen LogP contribution in [0.2, 0.25) is 0 Å². The molecule has 1 heterocycles. The summed E-state index contributed by atoms with van der Waals surface area (Å²) in [4.78, 5) is 14.5. The van der Waals surface area contributed by atoms with Crippen molar-refractivity contribution in [1.82, 2.24) is 4.90 Å². The van der Waals surface area contributed by atoms with Crippen molar-refractivity contribution in [2.45, 2.75) is 33.2 Å². The topological polar surface area (TPSA) is 58.4 Å². The summed E-state index contributed by atoms with van der Waals surface area (Å²) in [5.41, 5.74) is 6.09. The van der Waals surface area contributed by atoms with Gasteiger partial charge in [0.2, 0.25) is 5.91 Å². The first-order valence-electron chi connectivity index (χ1n) is 7.46. The molecule has 1 aliphatic rings. The van der Waals surface area contributed by atoms with Crippen molar-refractivity contribution in [3.8, 4) is 0 Å². The molecule has 1 saturated heterocycles. The Labute approximate surface area is 125 Å². The van der Waals surface area contributed by atoms with Gasteiger partial charge in [-0.2, -0.15) is 0 Å². The normalized spacial score (nSPS) is 24.6. The highest BCUT2D eigenvalue weighted by Gasteiger charge is 2.28. The highest BCUT2D eigenvalue weighted by Crippen LogP contribution is 2.23. The van der Waals surface area contributed by atoms with Crippen LogP contribution in [0.1, 0.15) is 27.2 Å². The molecule has 3 N–H and O–H groups in total. The van der Waals surface area contributed by atoms with Crippen molar-refractivity contribution in [3.63, 3.8) is 0 Å². The van der Waals surface area contributed by atoms with Gasteiger partial charge in [-0.05, 0) is 43.4 Å². The number of carbonyl (C=O) groups is 1. The molecular weight excluding hydrogens is 269 g/mol. The zero-order valence-corrected chi connectivity index (χ0v) is 12.9. The standard InChI is InChI=1S/C16H24FN3O/c1-10-6-11(2)9-20(8-10)12(3)16(21)19-13-4-5-14(17)15(18)7-13/h4-5,7,10-12H,6,8-9,18H2,1-3H3,(H,19,21). The molecule has 4 nitrogen and oxygen atoms in total. The van der Waals surface area contributed by atoms with Gasteiger partial charge in [-0.25, -0.2) is 4.39 Å². The first kappa shape index (κ1) is 15.8. The number of nitrogens with zero attached hydrogens (tertiary/aromatic N) is 1. The van der Waals surface area contributed by atoms with Crippen LogP contribution >= 0.6 is 0 Å². The van der Waals surface area contributed by atoms with Gasteiger partial charge in [0.15, 0.2) is 0 Å². The molecule has 1 aromatic carbocycles. The minimum Gasteiger partial charge on any atom is -0.396 e. The minimum absolute atomic E-state index is 0.0423. The van der Waals surface area contributed by atoms with Crippen molar-refractivity contribution >= 4 is 17.3 Å². The molecule has 0 bridgehead atoms. The van der Waals surface area contributed by atoms with Gasteiger partial charge in [0.05, 0.1) is 11.7 Å². The van der Waals surface area contributed by atoms with E-state index in [1.165, 1.54) is 24.6 Å². The molecule has 1 aliphatic heterocycles. The lowest BCUT2D eigenvalue weighted by Crippen LogP contribution is -2.48. The van der Waals surface area contributed by atoms with Crippen LogP contribution in [-0.2, 0) is 4.79 Å². The second-order valence-electron chi connectivity index (χ2n) is 6.30. The van der Waals surface area contributed by atoms with Crippen LogP contribution < -0.4 is 11.1 Å². The summed E-state index contributed by atoms with van der Waals surface area (Å²) in [7, 11) is 0. The van der Waals surface area contributed by atoms with Gasteiger partial charge in [-0.1, -0.05) is 13.8 Å². The summed E-state index contributed by atoms with van der Waals surface area (Å²) >= 11 is 0. The smallest absolute Gasteiger partial charge is 0.241 e. The average Bonchev–Trinajstić information content (AvgIpc) is 2.41. The van der Waals surface area contributed by atoms with Gasteiger partial charge in [0.25, 0.3) is 0 Å². The number of likely N-dealkylation sites (tertiary alicyclic amines) is 1. The summed E-state index contributed by atoms with van der Waals surface area (Å²) in [5.74, 6) is 0.651. The predicted molar refractivity (Wildman–Crippen MR) is 83.4 cm³/mol. The number of rotatable bonds is 3. The maximum atomic E-state index is 13.1. The number of benzene rings is 1. The molecule has 0 aliphatic carbocycles. The predicted octanol–water partition coefficient (Wildman–Crippen LogP) is 2.71. The summed E-state index contributed by atoms with van der Waals surface area (Å²) in [6, 6.07) is 4.03. The molecule has 0 aromatic heterocycles. The van der Waals surface area contributed by atoms with Gasteiger partial charge in [0, 0.05) is 18.8 Å². The van der Waals surface area contributed by atoms with Crippen LogP contribution in [0.3, 0.4) is 0 Å². The van der Waals surface area contributed by atoms with Crippen LogP contribution in [0.5, 0.6) is 0 Å². The number of carbonyl (C=O) groups excluding carboxylic acids is 1. The summed E-state index contributed by atoms with van der Waals surface area (Å²) in [6.45, 7) is 8.21. The number of hydrogen-bond acceptors (Lipinski definition) is 3. The Morgan fingerprint density at radius 2 is 2.00 bits per heavy atom. The van der Waals surface area contributed by atoms with Crippen LogP contribution in [0.4, 0.5) is 15.8 Å². The fraction of sp³-hybridized carbons (Fsp3) is 0.562. The van der Waals surface area contributed by atoms with E-state index in [0.717, 1.165) is 13.1 Å². The molecule has 5 heteroatoms. The van der Waals surface area contributed by atoms with Crippen LogP contribution in [-0.4, -0.2) is 29.9 Å². The highest BCUT2D eigenvalue weighted by atomic mass is 19.1. The molecule has 3 atom stereocenters. The van der Waals surface area contributed by atoms with Crippen molar-refractivity contribution < 1.29 is 9.18 Å². The van der Waals surface area contributed by atoms with E-state index in [2.05, 4.69) is 24.1 Å². The zero-order chi connectivity index (χ0) is 15.6. The zero-order valence-electron chi connectivity index (χ0n) is 12.9. The third-order valence-electron chi connectivity index (χ3n) is 4.09. The number of piperidine rings is 1. The van der Waals surface area contributed by atoms with E-state index in [1.54, 1.807) is 0 Å². The first-order chi connectivity index (χ1) is 9.86. The Morgan fingerprint density at radius 1 is 1.38 bits per heavy atom. The number of hydrogen-bond donors (Lipinski definition) is 2. The molecule has 0 spiro atoms. The van der Waals surface area contributed by atoms with Crippen LogP contribution in [0.15, 0.2) is 18.2 Å². The molecule has 3 unspecified atom stereocenters. The maximum absolute atomic E-state index is 13.1. The van der Waals surface area contributed by atoms with Gasteiger partial charge >= 0.3 is 0 Å². The molecular formula is C16H24FN3O. The lowest BCUT2D eigenvalue weighted by atomic mass is 9.91. The summed E-state index contributed by atoms with van der Waals surface area (Å²) < 4.78 is 13.1. The summed E-state index contributed by atoms with van der Waals surface area (Å²) in [6.07, 6.45) is 1.21.